The maximum Gasteiger partial charge on any atom is 0.241 e. The molecule has 2 aromatic heterocycles. The summed E-state index contributed by atoms with van der Waals surface area (Å²) in [7, 11) is 0. The molecule has 2 N–H and O–H groups in total. The Morgan fingerprint density at radius 3 is 2.84 bits per heavy atom. The normalized spacial score (nSPS) is 15.0. The van der Waals surface area contributed by atoms with Crippen LogP contribution in [0.3, 0.4) is 0 Å². The van der Waals surface area contributed by atoms with E-state index in [0.717, 1.165) is 48.3 Å². The first kappa shape index (κ1) is 17.7. The quantitative estimate of drug-likeness (QED) is 0.586. The Hall–Kier alpha value is -2.09. The molecule has 1 saturated heterocycles. The predicted molar refractivity (Wildman–Crippen MR) is 102 cm³/mol. The van der Waals surface area contributed by atoms with Crippen LogP contribution in [0.1, 0.15) is 25.5 Å². The van der Waals surface area contributed by atoms with Crippen molar-refractivity contribution in [3.63, 3.8) is 0 Å². The number of halogens is 1. The van der Waals surface area contributed by atoms with Crippen molar-refractivity contribution in [3.05, 3.63) is 34.7 Å². The standard InChI is InChI=1S/C17H23BrN6O/c1-2-19-17(21-10-16(25)23-7-3-4-8-23)20-9-14-12-24-11-13(18)5-6-15(24)22-14/h5-6,11-12H,2-4,7-10H2,1H3,(H2,19,20,21). The highest BCUT2D eigenvalue weighted by Gasteiger charge is 2.17. The lowest BCUT2D eigenvalue weighted by Crippen LogP contribution is -2.44. The molecule has 0 saturated carbocycles. The minimum absolute atomic E-state index is 0.126. The molecule has 8 heteroatoms. The zero-order valence-electron chi connectivity index (χ0n) is 14.3. The van der Waals surface area contributed by atoms with Crippen molar-refractivity contribution in [1.82, 2.24) is 24.9 Å². The monoisotopic (exact) mass is 406 g/mol. The van der Waals surface area contributed by atoms with Gasteiger partial charge >= 0.3 is 0 Å². The third-order valence-electron chi connectivity index (χ3n) is 4.07. The summed E-state index contributed by atoms with van der Waals surface area (Å²) in [5, 5.41) is 6.28. The molecule has 0 radical (unpaired) electrons. The van der Waals surface area contributed by atoms with Gasteiger partial charge in [-0.2, -0.15) is 0 Å². The summed E-state index contributed by atoms with van der Waals surface area (Å²) >= 11 is 3.45. The van der Waals surface area contributed by atoms with Crippen LogP contribution >= 0.6 is 15.9 Å². The summed E-state index contributed by atoms with van der Waals surface area (Å²) in [5.74, 6) is 0.758. The third kappa shape index (κ3) is 4.72. The summed E-state index contributed by atoms with van der Waals surface area (Å²) in [6.07, 6.45) is 6.13. The number of rotatable bonds is 5. The van der Waals surface area contributed by atoms with E-state index in [0.29, 0.717) is 12.5 Å². The molecule has 2 aromatic rings. The highest BCUT2D eigenvalue weighted by Crippen LogP contribution is 2.13. The molecule has 0 unspecified atom stereocenters. The number of aliphatic imine (C=N–C) groups is 1. The van der Waals surface area contributed by atoms with E-state index in [-0.39, 0.29) is 12.5 Å². The Morgan fingerprint density at radius 1 is 1.28 bits per heavy atom. The lowest BCUT2D eigenvalue weighted by molar-refractivity contribution is -0.128. The molecule has 134 valence electrons. The Balaban J connectivity index is 1.61. The molecule has 0 atom stereocenters. The average Bonchev–Trinajstić information content (AvgIpc) is 3.26. The van der Waals surface area contributed by atoms with E-state index in [1.54, 1.807) is 0 Å². The molecule has 1 aliphatic heterocycles. The molecule has 0 aliphatic carbocycles. The van der Waals surface area contributed by atoms with Gasteiger partial charge in [-0.3, -0.25) is 4.79 Å². The first-order chi connectivity index (χ1) is 12.2. The molecule has 1 amide bonds. The molecule has 0 bridgehead atoms. The maximum absolute atomic E-state index is 12.1. The van der Waals surface area contributed by atoms with Crippen molar-refractivity contribution in [1.29, 1.82) is 0 Å². The van der Waals surface area contributed by atoms with E-state index in [1.807, 2.05) is 40.8 Å². The number of aromatic nitrogens is 2. The predicted octanol–water partition coefficient (Wildman–Crippen LogP) is 1.77. The van der Waals surface area contributed by atoms with Gasteiger partial charge in [0.1, 0.15) is 5.65 Å². The zero-order chi connectivity index (χ0) is 17.6. The third-order valence-corrected chi connectivity index (χ3v) is 4.54. The number of hydrogen-bond donors (Lipinski definition) is 2. The molecule has 7 nitrogen and oxygen atoms in total. The lowest BCUT2D eigenvalue weighted by atomic mass is 10.4. The Kier molecular flexibility index (Phi) is 5.91. The van der Waals surface area contributed by atoms with Crippen LogP contribution in [0.25, 0.3) is 5.65 Å². The van der Waals surface area contributed by atoms with Gasteiger partial charge in [-0.1, -0.05) is 0 Å². The highest BCUT2D eigenvalue weighted by atomic mass is 79.9. The van der Waals surface area contributed by atoms with E-state index < -0.39 is 0 Å². The van der Waals surface area contributed by atoms with Gasteiger partial charge in [0, 0.05) is 36.5 Å². The Labute approximate surface area is 155 Å². The summed E-state index contributed by atoms with van der Waals surface area (Å²) in [4.78, 5) is 23.1. The number of guanidine groups is 1. The van der Waals surface area contributed by atoms with Crippen LogP contribution < -0.4 is 10.6 Å². The summed E-state index contributed by atoms with van der Waals surface area (Å²) in [5.41, 5.74) is 1.76. The van der Waals surface area contributed by atoms with Gasteiger partial charge in [0.05, 0.1) is 18.8 Å². The van der Waals surface area contributed by atoms with Crippen molar-refractivity contribution < 1.29 is 4.79 Å². The van der Waals surface area contributed by atoms with E-state index in [2.05, 4.69) is 36.5 Å². The van der Waals surface area contributed by atoms with Crippen LogP contribution in [0.2, 0.25) is 0 Å². The molecule has 3 rings (SSSR count). The first-order valence-electron chi connectivity index (χ1n) is 8.59. The number of carbonyl (C=O) groups excluding carboxylic acids is 1. The molecular weight excluding hydrogens is 384 g/mol. The summed E-state index contributed by atoms with van der Waals surface area (Å²) in [6, 6.07) is 3.92. The average molecular weight is 407 g/mol. The fourth-order valence-corrected chi connectivity index (χ4v) is 3.19. The number of carbonyl (C=O) groups is 1. The minimum atomic E-state index is 0.126. The second-order valence-electron chi connectivity index (χ2n) is 5.98. The van der Waals surface area contributed by atoms with E-state index in [1.165, 1.54) is 0 Å². The van der Waals surface area contributed by atoms with Gasteiger partial charge in [-0.15, -0.1) is 0 Å². The number of nitrogens with one attached hydrogen (secondary N) is 2. The molecule has 1 fully saturated rings. The Morgan fingerprint density at radius 2 is 2.08 bits per heavy atom. The number of nitrogens with zero attached hydrogens (tertiary/aromatic N) is 4. The number of hydrogen-bond acceptors (Lipinski definition) is 3. The summed E-state index contributed by atoms with van der Waals surface area (Å²) < 4.78 is 2.97. The van der Waals surface area contributed by atoms with Crippen molar-refractivity contribution in [2.75, 3.05) is 26.2 Å². The number of imidazole rings is 1. The van der Waals surface area contributed by atoms with Crippen LogP contribution in [0.5, 0.6) is 0 Å². The van der Waals surface area contributed by atoms with Crippen LogP contribution in [-0.2, 0) is 11.3 Å². The summed E-state index contributed by atoms with van der Waals surface area (Å²) in [6.45, 7) is 5.19. The smallest absolute Gasteiger partial charge is 0.241 e. The highest BCUT2D eigenvalue weighted by molar-refractivity contribution is 9.10. The van der Waals surface area contributed by atoms with Gasteiger partial charge in [-0.25, -0.2) is 9.98 Å². The number of amides is 1. The fraction of sp³-hybridized carbons (Fsp3) is 0.471. The molecular formula is C17H23BrN6O. The molecule has 3 heterocycles. The van der Waals surface area contributed by atoms with Crippen molar-refractivity contribution in [3.8, 4) is 0 Å². The van der Waals surface area contributed by atoms with Gasteiger partial charge in [0.2, 0.25) is 5.91 Å². The minimum Gasteiger partial charge on any atom is -0.357 e. The lowest BCUT2D eigenvalue weighted by Gasteiger charge is -2.17. The van der Waals surface area contributed by atoms with E-state index in [9.17, 15) is 4.79 Å². The van der Waals surface area contributed by atoms with E-state index >= 15 is 0 Å². The second-order valence-corrected chi connectivity index (χ2v) is 6.90. The number of fused-ring (bicyclic) bond motifs is 1. The number of pyridine rings is 1. The van der Waals surface area contributed by atoms with Crippen LogP contribution in [0.4, 0.5) is 0 Å². The van der Waals surface area contributed by atoms with E-state index in [4.69, 9.17) is 0 Å². The maximum atomic E-state index is 12.1. The van der Waals surface area contributed by atoms with Crippen molar-refractivity contribution in [2.24, 2.45) is 4.99 Å². The first-order valence-corrected chi connectivity index (χ1v) is 9.38. The number of likely N-dealkylation sites (tertiary alicyclic amines) is 1. The Bertz CT molecular complexity index is 766. The van der Waals surface area contributed by atoms with Gasteiger partial charge in [0.25, 0.3) is 0 Å². The molecule has 0 spiro atoms. The SMILES string of the molecule is CCNC(=NCc1cn2cc(Br)ccc2n1)NCC(=O)N1CCCC1. The van der Waals surface area contributed by atoms with Gasteiger partial charge in [0.15, 0.2) is 5.96 Å². The van der Waals surface area contributed by atoms with Crippen LogP contribution in [0.15, 0.2) is 34.0 Å². The second kappa shape index (κ2) is 8.33. The molecule has 1 aliphatic rings. The van der Waals surface area contributed by atoms with Gasteiger partial charge in [-0.05, 0) is 47.8 Å². The molecule has 25 heavy (non-hydrogen) atoms. The fourth-order valence-electron chi connectivity index (χ4n) is 2.83. The van der Waals surface area contributed by atoms with Crippen LogP contribution in [0, 0.1) is 0 Å². The zero-order valence-corrected chi connectivity index (χ0v) is 15.9. The van der Waals surface area contributed by atoms with Crippen molar-refractivity contribution >= 4 is 33.4 Å². The van der Waals surface area contributed by atoms with Crippen LogP contribution in [-0.4, -0.2) is 52.3 Å². The topological polar surface area (TPSA) is 74.0 Å². The largest absolute Gasteiger partial charge is 0.357 e. The van der Waals surface area contributed by atoms with Crippen molar-refractivity contribution in [2.45, 2.75) is 26.3 Å². The van der Waals surface area contributed by atoms with Gasteiger partial charge < -0.3 is 19.9 Å². The molecule has 0 aromatic carbocycles.